The molecular weight excluding hydrogens is 414 g/mol. The van der Waals surface area contributed by atoms with E-state index in [1.165, 1.54) is 4.90 Å². The van der Waals surface area contributed by atoms with E-state index >= 15 is 0 Å². The fourth-order valence-electron chi connectivity index (χ4n) is 6.36. The lowest BCUT2D eigenvalue weighted by molar-refractivity contribution is -0.135. The Morgan fingerprint density at radius 2 is 1.77 bits per heavy atom. The third-order valence-electron chi connectivity index (χ3n) is 7.78. The first-order valence-corrected chi connectivity index (χ1v) is 11.1. The standard InChI is InChI=1S/C24H22ClN3O3/c1-12-5-10-16-20(13(12)2)26-23(31)24(16)19-18(17-4-3-11-27(17)24)21(29)28(22(19)30)15-8-6-14(25)7-9-15/h5-10,17-19H,3-4,11H2,1-2H3,(H,26,31)/t17-,18+,19-,24-/m0/s1. The van der Waals surface area contributed by atoms with Crippen LogP contribution in [0.5, 0.6) is 0 Å². The molecular formula is C24H22ClN3O3. The smallest absolute Gasteiger partial charge is 0.250 e. The lowest BCUT2D eigenvalue weighted by Crippen LogP contribution is -2.54. The van der Waals surface area contributed by atoms with Crippen molar-refractivity contribution in [2.24, 2.45) is 11.8 Å². The van der Waals surface area contributed by atoms with Crippen LogP contribution in [0.25, 0.3) is 0 Å². The van der Waals surface area contributed by atoms with Gasteiger partial charge in [0.1, 0.15) is 5.54 Å². The number of halogens is 1. The summed E-state index contributed by atoms with van der Waals surface area (Å²) in [7, 11) is 0. The van der Waals surface area contributed by atoms with Gasteiger partial charge in [0, 0.05) is 22.3 Å². The summed E-state index contributed by atoms with van der Waals surface area (Å²) in [5.74, 6) is -1.95. The van der Waals surface area contributed by atoms with Crippen molar-refractivity contribution in [3.05, 3.63) is 58.1 Å². The van der Waals surface area contributed by atoms with Gasteiger partial charge in [-0.2, -0.15) is 0 Å². The van der Waals surface area contributed by atoms with Crippen LogP contribution in [0.3, 0.4) is 0 Å². The number of amides is 3. The van der Waals surface area contributed by atoms with Crippen LogP contribution in [0, 0.1) is 25.7 Å². The fraction of sp³-hybridized carbons (Fsp3) is 0.375. The second-order valence-electron chi connectivity index (χ2n) is 9.05. The molecule has 3 fully saturated rings. The van der Waals surface area contributed by atoms with E-state index in [0.717, 1.165) is 35.2 Å². The Bertz CT molecular complexity index is 1180. The zero-order valence-electron chi connectivity index (χ0n) is 17.3. The molecule has 6 rings (SSSR count). The Hall–Kier alpha value is -2.70. The third-order valence-corrected chi connectivity index (χ3v) is 8.04. The van der Waals surface area contributed by atoms with Crippen LogP contribution in [0.15, 0.2) is 36.4 Å². The predicted octanol–water partition coefficient (Wildman–Crippen LogP) is 3.39. The number of nitrogens with zero attached hydrogens (tertiary/aromatic N) is 2. The first-order valence-electron chi connectivity index (χ1n) is 10.7. The maximum atomic E-state index is 13.8. The van der Waals surface area contributed by atoms with Gasteiger partial charge in [0.25, 0.3) is 0 Å². The summed E-state index contributed by atoms with van der Waals surface area (Å²) in [6.07, 6.45) is 1.72. The maximum Gasteiger partial charge on any atom is 0.250 e. The molecule has 1 N–H and O–H groups in total. The van der Waals surface area contributed by atoms with E-state index in [4.69, 9.17) is 11.6 Å². The Morgan fingerprint density at radius 3 is 2.52 bits per heavy atom. The first kappa shape index (κ1) is 19.0. The molecule has 2 aromatic rings. The molecule has 0 bridgehead atoms. The van der Waals surface area contributed by atoms with Crippen LogP contribution in [0.2, 0.25) is 5.02 Å². The van der Waals surface area contributed by atoms with Gasteiger partial charge in [-0.3, -0.25) is 19.3 Å². The number of fused-ring (bicyclic) bond motifs is 7. The summed E-state index contributed by atoms with van der Waals surface area (Å²) in [5, 5.41) is 3.62. The number of carbonyl (C=O) groups excluding carboxylic acids is 3. The summed E-state index contributed by atoms with van der Waals surface area (Å²) in [4.78, 5) is 44.6. The van der Waals surface area contributed by atoms with Gasteiger partial charge in [-0.05, 0) is 68.6 Å². The number of aryl methyl sites for hydroxylation is 1. The van der Waals surface area contributed by atoms with Crippen molar-refractivity contribution in [3.63, 3.8) is 0 Å². The molecule has 4 aliphatic rings. The summed E-state index contributed by atoms with van der Waals surface area (Å²) in [6, 6.07) is 10.6. The minimum Gasteiger partial charge on any atom is -0.324 e. The molecule has 4 heterocycles. The molecule has 0 unspecified atom stereocenters. The number of hydrogen-bond donors (Lipinski definition) is 1. The highest BCUT2D eigenvalue weighted by molar-refractivity contribution is 6.31. The van der Waals surface area contributed by atoms with Gasteiger partial charge >= 0.3 is 0 Å². The topological polar surface area (TPSA) is 69.7 Å². The molecule has 3 amide bonds. The molecule has 0 saturated carbocycles. The minimum absolute atomic E-state index is 0.114. The van der Waals surface area contributed by atoms with E-state index in [2.05, 4.69) is 10.2 Å². The molecule has 3 saturated heterocycles. The van der Waals surface area contributed by atoms with Crippen LogP contribution in [0.4, 0.5) is 11.4 Å². The van der Waals surface area contributed by atoms with Crippen molar-refractivity contribution in [2.45, 2.75) is 38.3 Å². The van der Waals surface area contributed by atoms with E-state index in [1.807, 2.05) is 26.0 Å². The third kappa shape index (κ3) is 2.14. The number of hydrogen-bond acceptors (Lipinski definition) is 4. The maximum absolute atomic E-state index is 13.8. The van der Waals surface area contributed by atoms with Crippen molar-refractivity contribution in [1.29, 1.82) is 0 Å². The minimum atomic E-state index is -1.13. The van der Waals surface area contributed by atoms with Crippen LogP contribution >= 0.6 is 11.6 Å². The molecule has 4 atom stereocenters. The first-order chi connectivity index (χ1) is 14.9. The molecule has 1 spiro atoms. The Balaban J connectivity index is 1.56. The molecule has 158 valence electrons. The highest BCUT2D eigenvalue weighted by Crippen LogP contribution is 2.61. The Kier molecular flexibility index (Phi) is 3.79. The van der Waals surface area contributed by atoms with E-state index < -0.39 is 17.4 Å². The average molecular weight is 436 g/mol. The quantitative estimate of drug-likeness (QED) is 0.697. The van der Waals surface area contributed by atoms with Crippen molar-refractivity contribution in [1.82, 2.24) is 4.90 Å². The van der Waals surface area contributed by atoms with Crippen molar-refractivity contribution in [2.75, 3.05) is 16.8 Å². The average Bonchev–Trinajstić information content (AvgIpc) is 3.45. The van der Waals surface area contributed by atoms with Crippen LogP contribution in [-0.2, 0) is 19.9 Å². The predicted molar refractivity (Wildman–Crippen MR) is 117 cm³/mol. The second-order valence-corrected chi connectivity index (χ2v) is 9.48. The number of imide groups is 1. The molecule has 6 nitrogen and oxygen atoms in total. The molecule has 4 aliphatic heterocycles. The number of benzene rings is 2. The van der Waals surface area contributed by atoms with E-state index in [1.54, 1.807) is 24.3 Å². The summed E-state index contributed by atoms with van der Waals surface area (Å²) in [5.41, 5.74) is 3.09. The second kappa shape index (κ2) is 6.17. The molecule has 0 aromatic heterocycles. The zero-order chi connectivity index (χ0) is 21.7. The Morgan fingerprint density at radius 1 is 1.03 bits per heavy atom. The highest BCUT2D eigenvalue weighted by atomic mass is 35.5. The SMILES string of the molecule is Cc1ccc2c(c1C)NC(=O)[C@@]21[C@@H]2C(=O)N(c3ccc(Cl)cc3)C(=O)[C@@H]2[C@@H]2CCCN21. The monoisotopic (exact) mass is 435 g/mol. The lowest BCUT2D eigenvalue weighted by Gasteiger charge is -2.36. The van der Waals surface area contributed by atoms with Gasteiger partial charge in [0.05, 0.1) is 17.5 Å². The number of anilines is 2. The number of rotatable bonds is 1. The Labute approximate surface area is 185 Å². The van der Waals surface area contributed by atoms with Crippen LogP contribution < -0.4 is 10.2 Å². The highest BCUT2D eigenvalue weighted by Gasteiger charge is 2.74. The van der Waals surface area contributed by atoms with Gasteiger partial charge in [-0.1, -0.05) is 23.7 Å². The molecule has 0 radical (unpaired) electrons. The molecule has 2 aromatic carbocycles. The van der Waals surface area contributed by atoms with Crippen molar-refractivity contribution < 1.29 is 14.4 Å². The largest absolute Gasteiger partial charge is 0.324 e. The van der Waals surface area contributed by atoms with Gasteiger partial charge in [0.2, 0.25) is 17.7 Å². The summed E-state index contributed by atoms with van der Waals surface area (Å²) in [6.45, 7) is 4.71. The fourth-order valence-corrected chi connectivity index (χ4v) is 6.49. The summed E-state index contributed by atoms with van der Waals surface area (Å²) < 4.78 is 0. The van der Waals surface area contributed by atoms with E-state index in [9.17, 15) is 14.4 Å². The van der Waals surface area contributed by atoms with Crippen molar-refractivity contribution in [3.8, 4) is 0 Å². The number of carbonyl (C=O) groups is 3. The van der Waals surface area contributed by atoms with E-state index in [-0.39, 0.29) is 23.8 Å². The number of nitrogens with one attached hydrogen (secondary N) is 1. The van der Waals surface area contributed by atoms with E-state index in [0.29, 0.717) is 17.3 Å². The van der Waals surface area contributed by atoms with Gasteiger partial charge in [0.15, 0.2) is 0 Å². The van der Waals surface area contributed by atoms with Crippen LogP contribution in [0.1, 0.15) is 29.5 Å². The molecule has 0 aliphatic carbocycles. The zero-order valence-corrected chi connectivity index (χ0v) is 18.1. The lowest BCUT2D eigenvalue weighted by atomic mass is 9.75. The molecule has 31 heavy (non-hydrogen) atoms. The summed E-state index contributed by atoms with van der Waals surface area (Å²) >= 11 is 6.01. The van der Waals surface area contributed by atoms with Gasteiger partial charge in [-0.15, -0.1) is 0 Å². The van der Waals surface area contributed by atoms with Gasteiger partial charge < -0.3 is 5.32 Å². The van der Waals surface area contributed by atoms with Gasteiger partial charge in [-0.25, -0.2) is 4.90 Å². The normalized spacial score (nSPS) is 31.4. The molecule has 7 heteroatoms. The van der Waals surface area contributed by atoms with Crippen molar-refractivity contribution >= 4 is 40.7 Å². The van der Waals surface area contributed by atoms with Crippen LogP contribution in [-0.4, -0.2) is 35.2 Å².